The summed E-state index contributed by atoms with van der Waals surface area (Å²) >= 11 is 0. The Balaban J connectivity index is 2.09. The molecule has 15 heavy (non-hydrogen) atoms. The van der Waals surface area contributed by atoms with Gasteiger partial charge in [-0.15, -0.1) is 0 Å². The molecule has 1 aliphatic rings. The second-order valence-electron chi connectivity index (χ2n) is 4.65. The highest BCUT2D eigenvalue weighted by molar-refractivity contribution is 4.91. The predicted molar refractivity (Wildman–Crippen MR) is 57.5 cm³/mol. The molecule has 84 valence electrons. The molecule has 0 radical (unpaired) electrons. The van der Waals surface area contributed by atoms with E-state index in [1.54, 1.807) is 0 Å². The van der Waals surface area contributed by atoms with E-state index < -0.39 is 5.60 Å². The van der Waals surface area contributed by atoms with Gasteiger partial charge < -0.3 is 5.11 Å². The van der Waals surface area contributed by atoms with Crippen molar-refractivity contribution in [3.63, 3.8) is 0 Å². The van der Waals surface area contributed by atoms with Gasteiger partial charge in [-0.05, 0) is 26.7 Å². The molecule has 0 aliphatic heterocycles. The van der Waals surface area contributed by atoms with Crippen LogP contribution in [0.4, 0.5) is 0 Å². The number of aliphatic hydroxyl groups is 1. The van der Waals surface area contributed by atoms with Gasteiger partial charge in [0, 0.05) is 0 Å². The van der Waals surface area contributed by atoms with Crippen molar-refractivity contribution >= 4 is 0 Å². The van der Waals surface area contributed by atoms with Crippen LogP contribution >= 0.6 is 0 Å². The van der Waals surface area contributed by atoms with Crippen molar-refractivity contribution in [1.29, 1.82) is 0 Å². The Bertz CT molecular complexity index is 340. The minimum absolute atomic E-state index is 0.552. The molecule has 0 bridgehead atoms. The van der Waals surface area contributed by atoms with Gasteiger partial charge >= 0.3 is 0 Å². The maximum atomic E-state index is 10.4. The van der Waals surface area contributed by atoms with Gasteiger partial charge in [-0.1, -0.05) is 19.3 Å². The minimum Gasteiger partial charge on any atom is -0.388 e. The Hall–Kier alpha value is -0.900. The van der Waals surface area contributed by atoms with Gasteiger partial charge in [0.05, 0.1) is 12.1 Å². The summed E-state index contributed by atoms with van der Waals surface area (Å²) in [5.41, 5.74) is -0.552. The molecule has 0 atom stereocenters. The quantitative estimate of drug-likeness (QED) is 0.804. The van der Waals surface area contributed by atoms with Gasteiger partial charge in [0.25, 0.3) is 0 Å². The van der Waals surface area contributed by atoms with Crippen LogP contribution in [0.1, 0.15) is 43.8 Å². The van der Waals surface area contributed by atoms with Crippen LogP contribution in [0.15, 0.2) is 0 Å². The van der Waals surface area contributed by atoms with Crippen LogP contribution in [0.5, 0.6) is 0 Å². The van der Waals surface area contributed by atoms with E-state index in [4.69, 9.17) is 0 Å². The maximum Gasteiger partial charge on any atom is 0.147 e. The van der Waals surface area contributed by atoms with Gasteiger partial charge in [-0.2, -0.15) is 5.10 Å². The number of aromatic nitrogens is 3. The van der Waals surface area contributed by atoms with Crippen LogP contribution in [-0.2, 0) is 6.54 Å². The molecule has 1 fully saturated rings. The normalized spacial score (nSPS) is 20.5. The lowest BCUT2D eigenvalue weighted by Crippen LogP contribution is -2.37. The van der Waals surface area contributed by atoms with E-state index in [0.29, 0.717) is 6.54 Å². The second kappa shape index (κ2) is 3.93. The molecule has 0 amide bonds. The van der Waals surface area contributed by atoms with Gasteiger partial charge in [0.2, 0.25) is 0 Å². The minimum atomic E-state index is -0.552. The highest BCUT2D eigenvalue weighted by atomic mass is 16.3. The highest BCUT2D eigenvalue weighted by Crippen LogP contribution is 2.29. The number of aryl methyl sites for hydroxylation is 2. The fourth-order valence-corrected chi connectivity index (χ4v) is 2.36. The zero-order valence-corrected chi connectivity index (χ0v) is 9.53. The lowest BCUT2D eigenvalue weighted by molar-refractivity contribution is -0.0149. The summed E-state index contributed by atoms with van der Waals surface area (Å²) < 4.78 is 1.83. The largest absolute Gasteiger partial charge is 0.388 e. The highest BCUT2D eigenvalue weighted by Gasteiger charge is 2.30. The van der Waals surface area contributed by atoms with Crippen molar-refractivity contribution in [2.45, 2.75) is 58.1 Å². The predicted octanol–water partition coefficient (Wildman–Crippen LogP) is 1.59. The average Bonchev–Trinajstić information content (AvgIpc) is 2.45. The molecule has 0 aromatic carbocycles. The summed E-state index contributed by atoms with van der Waals surface area (Å²) in [7, 11) is 0. The van der Waals surface area contributed by atoms with Crippen molar-refractivity contribution in [1.82, 2.24) is 14.8 Å². The Morgan fingerprint density at radius 2 is 1.93 bits per heavy atom. The van der Waals surface area contributed by atoms with Gasteiger partial charge in [-0.3, -0.25) is 0 Å². The molecule has 1 aromatic heterocycles. The first-order valence-corrected chi connectivity index (χ1v) is 5.69. The molecule has 0 unspecified atom stereocenters. The third-order valence-corrected chi connectivity index (χ3v) is 3.19. The van der Waals surface area contributed by atoms with Crippen molar-refractivity contribution in [2.24, 2.45) is 0 Å². The van der Waals surface area contributed by atoms with Crippen molar-refractivity contribution in [2.75, 3.05) is 0 Å². The molecular formula is C11H19N3O. The molecule has 1 N–H and O–H groups in total. The Morgan fingerprint density at radius 1 is 1.27 bits per heavy atom. The lowest BCUT2D eigenvalue weighted by atomic mass is 9.85. The lowest BCUT2D eigenvalue weighted by Gasteiger charge is -2.31. The van der Waals surface area contributed by atoms with E-state index >= 15 is 0 Å². The molecule has 1 saturated carbocycles. The van der Waals surface area contributed by atoms with E-state index in [1.165, 1.54) is 6.42 Å². The van der Waals surface area contributed by atoms with E-state index in [0.717, 1.165) is 37.3 Å². The van der Waals surface area contributed by atoms with Gasteiger partial charge in [0.15, 0.2) is 0 Å². The van der Waals surface area contributed by atoms with Crippen LogP contribution in [0.25, 0.3) is 0 Å². The molecule has 2 rings (SSSR count). The van der Waals surface area contributed by atoms with Gasteiger partial charge in [0.1, 0.15) is 11.6 Å². The number of nitrogens with zero attached hydrogens (tertiary/aromatic N) is 3. The molecule has 4 nitrogen and oxygen atoms in total. The fourth-order valence-electron chi connectivity index (χ4n) is 2.36. The summed E-state index contributed by atoms with van der Waals surface area (Å²) in [5, 5.41) is 14.7. The summed E-state index contributed by atoms with van der Waals surface area (Å²) in [6.07, 6.45) is 5.29. The topological polar surface area (TPSA) is 50.9 Å². The van der Waals surface area contributed by atoms with E-state index in [9.17, 15) is 5.11 Å². The molecular weight excluding hydrogens is 190 g/mol. The molecule has 1 aliphatic carbocycles. The third kappa shape index (κ3) is 2.37. The van der Waals surface area contributed by atoms with Crippen LogP contribution in [-0.4, -0.2) is 25.5 Å². The van der Waals surface area contributed by atoms with E-state index in [1.807, 2.05) is 18.5 Å². The van der Waals surface area contributed by atoms with Crippen molar-refractivity contribution < 1.29 is 5.11 Å². The zero-order chi connectivity index (χ0) is 10.9. The first kappa shape index (κ1) is 10.6. The number of rotatable bonds is 2. The standard InChI is InChI=1S/C11H19N3O/c1-9-12-10(2)14(13-9)8-11(15)6-4-3-5-7-11/h15H,3-8H2,1-2H3. The summed E-state index contributed by atoms with van der Waals surface area (Å²) in [6, 6.07) is 0. The molecule has 1 heterocycles. The van der Waals surface area contributed by atoms with Crippen molar-refractivity contribution in [3.8, 4) is 0 Å². The summed E-state index contributed by atoms with van der Waals surface area (Å²) in [4.78, 5) is 4.25. The van der Waals surface area contributed by atoms with Crippen LogP contribution in [0.2, 0.25) is 0 Å². The first-order chi connectivity index (χ1) is 7.09. The third-order valence-electron chi connectivity index (χ3n) is 3.19. The van der Waals surface area contributed by atoms with Gasteiger partial charge in [-0.25, -0.2) is 9.67 Å². The monoisotopic (exact) mass is 209 g/mol. The number of hydrogen-bond acceptors (Lipinski definition) is 3. The summed E-state index contributed by atoms with van der Waals surface area (Å²) in [6.45, 7) is 4.42. The van der Waals surface area contributed by atoms with E-state index in [-0.39, 0.29) is 0 Å². The first-order valence-electron chi connectivity index (χ1n) is 5.69. The molecule has 1 aromatic rings. The second-order valence-corrected chi connectivity index (χ2v) is 4.65. The zero-order valence-electron chi connectivity index (χ0n) is 9.53. The van der Waals surface area contributed by atoms with Crippen molar-refractivity contribution in [3.05, 3.63) is 11.6 Å². The molecule has 4 heteroatoms. The Morgan fingerprint density at radius 3 is 2.47 bits per heavy atom. The molecule has 0 spiro atoms. The fraction of sp³-hybridized carbons (Fsp3) is 0.818. The van der Waals surface area contributed by atoms with E-state index in [2.05, 4.69) is 10.1 Å². The average molecular weight is 209 g/mol. The number of hydrogen-bond donors (Lipinski definition) is 1. The molecule has 0 saturated heterocycles. The smallest absolute Gasteiger partial charge is 0.147 e. The maximum absolute atomic E-state index is 10.4. The Labute approximate surface area is 90.3 Å². The Kier molecular flexibility index (Phi) is 2.78. The van der Waals surface area contributed by atoms with Crippen LogP contribution in [0, 0.1) is 13.8 Å². The summed E-state index contributed by atoms with van der Waals surface area (Å²) in [5.74, 6) is 1.68. The van der Waals surface area contributed by atoms with Crippen LogP contribution < -0.4 is 0 Å². The SMILES string of the molecule is Cc1nc(C)n(CC2(O)CCCCC2)n1. The van der Waals surface area contributed by atoms with Crippen LogP contribution in [0.3, 0.4) is 0 Å².